The number of aromatic nitrogens is 2. The van der Waals surface area contributed by atoms with Crippen molar-refractivity contribution < 1.29 is 9.59 Å². The summed E-state index contributed by atoms with van der Waals surface area (Å²) >= 11 is 1.48. The summed E-state index contributed by atoms with van der Waals surface area (Å²) in [6.07, 6.45) is 2.76. The molecule has 28 heavy (non-hydrogen) atoms. The molecule has 2 amide bonds. The van der Waals surface area contributed by atoms with E-state index in [-0.39, 0.29) is 11.8 Å². The Bertz CT molecular complexity index is 1050. The Morgan fingerprint density at radius 3 is 2.61 bits per heavy atom. The highest BCUT2D eigenvalue weighted by atomic mass is 32.1. The van der Waals surface area contributed by atoms with Crippen LogP contribution in [0, 0.1) is 13.8 Å². The smallest absolute Gasteiger partial charge is 0.271 e. The predicted octanol–water partition coefficient (Wildman–Crippen LogP) is 3.37. The first-order valence-corrected chi connectivity index (χ1v) is 10.4. The lowest BCUT2D eigenvalue weighted by Gasteiger charge is -2.21. The number of carbonyl (C=O) groups excluding carboxylic acids is 2. The molecule has 1 fully saturated rings. The maximum absolute atomic E-state index is 13.2. The van der Waals surface area contributed by atoms with E-state index in [1.807, 2.05) is 25.8 Å². The second-order valence-electron chi connectivity index (χ2n) is 7.37. The number of imidazole rings is 1. The zero-order valence-corrected chi connectivity index (χ0v) is 17.3. The van der Waals surface area contributed by atoms with Crippen molar-refractivity contribution in [3.63, 3.8) is 0 Å². The zero-order valence-electron chi connectivity index (χ0n) is 16.4. The van der Waals surface area contributed by atoms with Gasteiger partial charge >= 0.3 is 0 Å². The van der Waals surface area contributed by atoms with Crippen LogP contribution in [0.3, 0.4) is 0 Å². The number of hydrogen-bond acceptors (Lipinski definition) is 4. The number of amides is 2. The van der Waals surface area contributed by atoms with Crippen molar-refractivity contribution in [3.05, 3.63) is 46.6 Å². The number of rotatable bonds is 2. The number of benzene rings is 1. The van der Waals surface area contributed by atoms with Crippen LogP contribution in [-0.2, 0) is 4.79 Å². The van der Waals surface area contributed by atoms with Gasteiger partial charge in [0.15, 0.2) is 4.96 Å². The van der Waals surface area contributed by atoms with Gasteiger partial charge in [-0.1, -0.05) is 17.7 Å². The SMILES string of the molecule is CC(=O)N1CCCN(C(=O)c2csc3nc(-c4cc(C)ccc4C)cn23)CC1. The summed E-state index contributed by atoms with van der Waals surface area (Å²) in [6, 6.07) is 6.33. The van der Waals surface area contributed by atoms with Gasteiger partial charge in [-0.15, -0.1) is 11.3 Å². The third kappa shape index (κ3) is 3.42. The molecule has 1 saturated heterocycles. The van der Waals surface area contributed by atoms with Crippen LogP contribution < -0.4 is 0 Å². The molecule has 0 unspecified atom stereocenters. The van der Waals surface area contributed by atoms with Crippen molar-refractivity contribution >= 4 is 28.1 Å². The van der Waals surface area contributed by atoms with Gasteiger partial charge in [0.2, 0.25) is 5.91 Å². The summed E-state index contributed by atoms with van der Waals surface area (Å²) in [5.74, 6) is 0.0709. The lowest BCUT2D eigenvalue weighted by molar-refractivity contribution is -0.128. The van der Waals surface area contributed by atoms with E-state index in [4.69, 9.17) is 4.98 Å². The average Bonchev–Trinajstić information content (AvgIpc) is 3.14. The largest absolute Gasteiger partial charge is 0.341 e. The molecule has 146 valence electrons. The van der Waals surface area contributed by atoms with Gasteiger partial charge in [0.1, 0.15) is 5.69 Å². The molecule has 1 aromatic carbocycles. The van der Waals surface area contributed by atoms with Crippen molar-refractivity contribution in [2.75, 3.05) is 26.2 Å². The molecule has 0 N–H and O–H groups in total. The van der Waals surface area contributed by atoms with Gasteiger partial charge in [-0.25, -0.2) is 4.98 Å². The van der Waals surface area contributed by atoms with Crippen molar-refractivity contribution in [2.45, 2.75) is 27.2 Å². The van der Waals surface area contributed by atoms with Crippen molar-refractivity contribution in [1.29, 1.82) is 0 Å². The molecule has 3 aromatic rings. The van der Waals surface area contributed by atoms with E-state index >= 15 is 0 Å². The minimum Gasteiger partial charge on any atom is -0.341 e. The van der Waals surface area contributed by atoms with Crippen LogP contribution in [0.25, 0.3) is 16.2 Å². The van der Waals surface area contributed by atoms with Gasteiger partial charge in [-0.3, -0.25) is 14.0 Å². The molecule has 1 aliphatic heterocycles. The number of hydrogen-bond donors (Lipinski definition) is 0. The summed E-state index contributed by atoms with van der Waals surface area (Å²) in [5.41, 5.74) is 4.98. The molecule has 4 rings (SSSR count). The summed E-state index contributed by atoms with van der Waals surface area (Å²) in [4.78, 5) is 34.0. The second kappa shape index (κ2) is 7.39. The van der Waals surface area contributed by atoms with E-state index < -0.39 is 0 Å². The van der Waals surface area contributed by atoms with Crippen LogP contribution in [0.4, 0.5) is 0 Å². The molecule has 6 nitrogen and oxygen atoms in total. The first kappa shape index (κ1) is 18.7. The topological polar surface area (TPSA) is 57.9 Å². The quantitative estimate of drug-likeness (QED) is 0.667. The molecule has 0 radical (unpaired) electrons. The van der Waals surface area contributed by atoms with Gasteiger partial charge in [0.25, 0.3) is 5.91 Å². The van der Waals surface area contributed by atoms with Crippen LogP contribution in [0.2, 0.25) is 0 Å². The third-order valence-electron chi connectivity index (χ3n) is 5.33. The number of carbonyl (C=O) groups is 2. The van der Waals surface area contributed by atoms with E-state index in [9.17, 15) is 9.59 Å². The molecule has 0 spiro atoms. The minimum absolute atomic E-state index is 0.00145. The van der Waals surface area contributed by atoms with E-state index in [1.165, 1.54) is 22.5 Å². The monoisotopic (exact) mass is 396 g/mol. The first-order chi connectivity index (χ1) is 13.4. The number of fused-ring (bicyclic) bond motifs is 1. The molecule has 0 saturated carbocycles. The average molecular weight is 397 g/mol. The van der Waals surface area contributed by atoms with Crippen LogP contribution in [0.15, 0.2) is 29.8 Å². The Balaban J connectivity index is 1.62. The van der Waals surface area contributed by atoms with Crippen LogP contribution >= 0.6 is 11.3 Å². The molecule has 0 aliphatic carbocycles. The molecule has 0 atom stereocenters. The van der Waals surface area contributed by atoms with E-state index in [1.54, 1.807) is 6.92 Å². The fourth-order valence-corrected chi connectivity index (χ4v) is 4.52. The minimum atomic E-state index is 0.00145. The maximum Gasteiger partial charge on any atom is 0.271 e. The van der Waals surface area contributed by atoms with Gasteiger partial charge in [-0.05, 0) is 31.9 Å². The van der Waals surface area contributed by atoms with Crippen molar-refractivity contribution in [3.8, 4) is 11.3 Å². The Kier molecular flexibility index (Phi) is 4.93. The highest BCUT2D eigenvalue weighted by Crippen LogP contribution is 2.27. The standard InChI is InChI=1S/C21H24N4O2S/c1-14-5-6-15(2)17(11-14)18-12-25-19(13-28-21(25)22-18)20(27)24-8-4-7-23(9-10-24)16(3)26/h5-6,11-13H,4,7-10H2,1-3H3. The zero-order chi connectivity index (χ0) is 19.8. The summed E-state index contributed by atoms with van der Waals surface area (Å²) < 4.78 is 1.90. The van der Waals surface area contributed by atoms with E-state index in [0.29, 0.717) is 31.9 Å². The molecule has 2 aromatic heterocycles. The normalized spacial score (nSPS) is 15.1. The second-order valence-corrected chi connectivity index (χ2v) is 8.21. The Labute approximate surface area is 168 Å². The van der Waals surface area contributed by atoms with Gasteiger partial charge in [0, 0.05) is 50.2 Å². The summed E-state index contributed by atoms with van der Waals surface area (Å²) in [6.45, 7) is 8.26. The molecular formula is C21H24N4O2S. The van der Waals surface area contributed by atoms with Crippen LogP contribution in [-0.4, -0.2) is 57.2 Å². The van der Waals surface area contributed by atoms with Crippen molar-refractivity contribution in [2.24, 2.45) is 0 Å². The molecule has 7 heteroatoms. The van der Waals surface area contributed by atoms with Gasteiger partial charge in [-0.2, -0.15) is 0 Å². The molecular weight excluding hydrogens is 372 g/mol. The molecule has 0 bridgehead atoms. The lowest BCUT2D eigenvalue weighted by atomic mass is 10.0. The predicted molar refractivity (Wildman–Crippen MR) is 111 cm³/mol. The summed E-state index contributed by atoms with van der Waals surface area (Å²) in [5, 5.41) is 1.88. The number of aryl methyl sites for hydroxylation is 2. The summed E-state index contributed by atoms with van der Waals surface area (Å²) in [7, 11) is 0. The third-order valence-corrected chi connectivity index (χ3v) is 6.17. The van der Waals surface area contributed by atoms with Gasteiger partial charge in [0.05, 0.1) is 5.69 Å². The highest BCUT2D eigenvalue weighted by molar-refractivity contribution is 7.15. The molecule has 3 heterocycles. The highest BCUT2D eigenvalue weighted by Gasteiger charge is 2.24. The maximum atomic E-state index is 13.2. The first-order valence-electron chi connectivity index (χ1n) is 9.53. The van der Waals surface area contributed by atoms with Crippen molar-refractivity contribution in [1.82, 2.24) is 19.2 Å². The van der Waals surface area contributed by atoms with E-state index in [2.05, 4.69) is 32.0 Å². The Hall–Kier alpha value is -2.67. The van der Waals surface area contributed by atoms with Crippen LogP contribution in [0.1, 0.15) is 35.0 Å². The number of nitrogens with zero attached hydrogens (tertiary/aromatic N) is 4. The fourth-order valence-electron chi connectivity index (χ4n) is 3.68. The number of thiazole rings is 1. The lowest BCUT2D eigenvalue weighted by Crippen LogP contribution is -2.36. The van der Waals surface area contributed by atoms with Gasteiger partial charge < -0.3 is 9.80 Å². The fraction of sp³-hybridized carbons (Fsp3) is 0.381. The Morgan fingerprint density at radius 1 is 1.07 bits per heavy atom. The Morgan fingerprint density at radius 2 is 1.82 bits per heavy atom. The van der Waals surface area contributed by atoms with Crippen LogP contribution in [0.5, 0.6) is 0 Å². The van der Waals surface area contributed by atoms with E-state index in [0.717, 1.165) is 22.6 Å². The molecule has 1 aliphatic rings.